The highest BCUT2D eigenvalue weighted by Gasteiger charge is 2.37. The summed E-state index contributed by atoms with van der Waals surface area (Å²) in [6.07, 6.45) is 5.11. The largest absolute Gasteiger partial charge is 0.417 e. The van der Waals surface area contributed by atoms with E-state index in [1.54, 1.807) is 19.9 Å². The van der Waals surface area contributed by atoms with Crippen molar-refractivity contribution in [3.63, 3.8) is 0 Å². The second kappa shape index (κ2) is 12.7. The minimum Gasteiger partial charge on any atom is -0.294 e. The van der Waals surface area contributed by atoms with Gasteiger partial charge in [0.1, 0.15) is 0 Å². The lowest BCUT2D eigenvalue weighted by Crippen LogP contribution is -2.18. The van der Waals surface area contributed by atoms with Crippen LogP contribution in [0.4, 0.5) is 13.2 Å². The molecule has 1 nitrogen and oxygen atoms in total. The molecule has 29 heavy (non-hydrogen) atoms. The molecule has 0 rings (SSSR count). The molecule has 0 aromatic heterocycles. The third kappa shape index (κ3) is 9.01. The Labute approximate surface area is 175 Å². The zero-order chi connectivity index (χ0) is 22.8. The first-order chi connectivity index (χ1) is 13.4. The predicted molar refractivity (Wildman–Crippen MR) is 118 cm³/mol. The molecule has 0 bridgehead atoms. The van der Waals surface area contributed by atoms with Crippen LogP contribution in [0.3, 0.4) is 0 Å². The molecule has 0 saturated carbocycles. The van der Waals surface area contributed by atoms with Crippen LogP contribution in [-0.4, -0.2) is 12.0 Å². The van der Waals surface area contributed by atoms with E-state index in [4.69, 9.17) is 0 Å². The van der Waals surface area contributed by atoms with Crippen LogP contribution in [0.15, 0.2) is 57.7 Å². The van der Waals surface area contributed by atoms with Gasteiger partial charge < -0.3 is 0 Å². The standard InChI is InChI=1S/C25H37F3O/c1-9-12-17(4)14-15-22(19(6)13-10-2)24(21(8)29)23(25(26,27)28)16-20(7)18(5)11-3/h13-16,18H,9-12H2,1-8H3/b17-14-,19-13-,20-16-,22-15+,24-23-. The van der Waals surface area contributed by atoms with Crippen molar-refractivity contribution in [1.29, 1.82) is 0 Å². The maximum atomic E-state index is 14.1. The van der Waals surface area contributed by atoms with Gasteiger partial charge in [-0.3, -0.25) is 4.79 Å². The van der Waals surface area contributed by atoms with Gasteiger partial charge in [0.05, 0.1) is 5.57 Å². The summed E-state index contributed by atoms with van der Waals surface area (Å²) in [5.41, 5.74) is 1.58. The van der Waals surface area contributed by atoms with Gasteiger partial charge in [0.2, 0.25) is 0 Å². The Bertz CT molecular complexity index is 713. The van der Waals surface area contributed by atoms with Gasteiger partial charge in [-0.2, -0.15) is 13.2 Å². The first kappa shape index (κ1) is 27.2. The van der Waals surface area contributed by atoms with Crippen LogP contribution in [0.5, 0.6) is 0 Å². The molecule has 4 heteroatoms. The van der Waals surface area contributed by atoms with Gasteiger partial charge in [-0.15, -0.1) is 0 Å². The Morgan fingerprint density at radius 3 is 2.00 bits per heavy atom. The summed E-state index contributed by atoms with van der Waals surface area (Å²) in [7, 11) is 0. The molecule has 0 aliphatic rings. The van der Waals surface area contributed by atoms with E-state index in [0.717, 1.165) is 30.9 Å². The molecule has 0 aliphatic heterocycles. The van der Waals surface area contributed by atoms with E-state index in [1.807, 2.05) is 39.8 Å². The molecule has 0 aromatic rings. The molecular formula is C25H37F3O. The number of ketones is 1. The number of hydrogen-bond donors (Lipinski definition) is 0. The average Bonchev–Trinajstić information content (AvgIpc) is 2.61. The third-order valence-corrected chi connectivity index (χ3v) is 5.07. The van der Waals surface area contributed by atoms with Gasteiger partial charge in [0.25, 0.3) is 0 Å². The summed E-state index contributed by atoms with van der Waals surface area (Å²) in [6.45, 7) is 14.4. The number of hydrogen-bond acceptors (Lipinski definition) is 1. The van der Waals surface area contributed by atoms with E-state index in [0.29, 0.717) is 23.1 Å². The van der Waals surface area contributed by atoms with Crippen molar-refractivity contribution in [2.24, 2.45) is 5.92 Å². The lowest BCUT2D eigenvalue weighted by molar-refractivity contribution is -0.115. The Kier molecular flexibility index (Phi) is 11.9. The highest BCUT2D eigenvalue weighted by atomic mass is 19.4. The summed E-state index contributed by atoms with van der Waals surface area (Å²) < 4.78 is 42.2. The van der Waals surface area contributed by atoms with Gasteiger partial charge >= 0.3 is 6.18 Å². The third-order valence-electron chi connectivity index (χ3n) is 5.07. The van der Waals surface area contributed by atoms with Gasteiger partial charge in [0.15, 0.2) is 5.78 Å². The van der Waals surface area contributed by atoms with Crippen LogP contribution in [-0.2, 0) is 4.79 Å². The quantitative estimate of drug-likeness (QED) is 0.261. The van der Waals surface area contributed by atoms with Crippen LogP contribution in [0.2, 0.25) is 0 Å². The van der Waals surface area contributed by atoms with Crippen LogP contribution in [0.25, 0.3) is 0 Å². The van der Waals surface area contributed by atoms with Gasteiger partial charge in [-0.05, 0) is 64.0 Å². The predicted octanol–water partition coefficient (Wildman–Crippen LogP) is 8.46. The first-order valence-electron chi connectivity index (χ1n) is 10.5. The molecule has 0 spiro atoms. The molecule has 0 amide bonds. The number of halogens is 3. The van der Waals surface area contributed by atoms with Gasteiger partial charge in [0, 0.05) is 5.57 Å². The molecule has 0 aliphatic carbocycles. The molecule has 0 radical (unpaired) electrons. The fourth-order valence-electron chi connectivity index (χ4n) is 3.04. The molecule has 164 valence electrons. The minimum absolute atomic E-state index is 0.00645. The molecule has 1 atom stereocenters. The fourth-order valence-corrected chi connectivity index (χ4v) is 3.04. The molecule has 0 fully saturated rings. The van der Waals surface area contributed by atoms with E-state index in [-0.39, 0.29) is 11.5 Å². The van der Waals surface area contributed by atoms with Crippen molar-refractivity contribution in [1.82, 2.24) is 0 Å². The number of carbonyl (C=O) groups is 1. The number of Topliss-reactive ketones (excluding diaryl/α,β-unsaturated/α-hetero) is 1. The van der Waals surface area contributed by atoms with Crippen molar-refractivity contribution in [2.45, 2.75) is 87.2 Å². The minimum atomic E-state index is -4.62. The number of alkyl halides is 3. The number of carbonyl (C=O) groups excluding carboxylic acids is 1. The van der Waals surface area contributed by atoms with Crippen LogP contribution in [0.1, 0.15) is 81.1 Å². The first-order valence-corrected chi connectivity index (χ1v) is 10.5. The normalized spacial score (nSPS) is 16.7. The van der Waals surface area contributed by atoms with E-state index in [2.05, 4.69) is 6.92 Å². The summed E-state index contributed by atoms with van der Waals surface area (Å²) >= 11 is 0. The van der Waals surface area contributed by atoms with Crippen LogP contribution < -0.4 is 0 Å². The summed E-state index contributed by atoms with van der Waals surface area (Å²) in [6, 6.07) is 0. The topological polar surface area (TPSA) is 17.1 Å². The Hall–Kier alpha value is -1.84. The van der Waals surface area contributed by atoms with Gasteiger partial charge in [-0.1, -0.05) is 69.6 Å². The second-order valence-electron chi connectivity index (χ2n) is 7.68. The summed E-state index contributed by atoms with van der Waals surface area (Å²) in [5, 5.41) is 0. The summed E-state index contributed by atoms with van der Waals surface area (Å²) in [5.74, 6) is -0.575. The Morgan fingerprint density at radius 2 is 1.59 bits per heavy atom. The van der Waals surface area contributed by atoms with E-state index >= 15 is 0 Å². The van der Waals surface area contributed by atoms with E-state index in [9.17, 15) is 18.0 Å². The van der Waals surface area contributed by atoms with Crippen molar-refractivity contribution in [2.75, 3.05) is 0 Å². The van der Waals surface area contributed by atoms with Crippen molar-refractivity contribution >= 4 is 5.78 Å². The van der Waals surface area contributed by atoms with Crippen LogP contribution in [0, 0.1) is 5.92 Å². The molecule has 1 unspecified atom stereocenters. The molecule has 0 N–H and O–H groups in total. The Balaban J connectivity index is 7.07. The second-order valence-corrected chi connectivity index (χ2v) is 7.68. The van der Waals surface area contributed by atoms with Gasteiger partial charge in [-0.25, -0.2) is 0 Å². The smallest absolute Gasteiger partial charge is 0.294 e. The monoisotopic (exact) mass is 410 g/mol. The van der Waals surface area contributed by atoms with E-state index < -0.39 is 17.5 Å². The number of allylic oxidation sites excluding steroid dienone is 10. The maximum Gasteiger partial charge on any atom is 0.417 e. The highest BCUT2D eigenvalue weighted by Crippen LogP contribution is 2.36. The molecule has 0 saturated heterocycles. The van der Waals surface area contributed by atoms with E-state index in [1.165, 1.54) is 6.92 Å². The zero-order valence-corrected chi connectivity index (χ0v) is 19.3. The highest BCUT2D eigenvalue weighted by molar-refractivity contribution is 6.00. The molecular weight excluding hydrogens is 373 g/mol. The molecule has 0 aromatic carbocycles. The van der Waals surface area contributed by atoms with Crippen LogP contribution >= 0.6 is 0 Å². The summed E-state index contributed by atoms with van der Waals surface area (Å²) in [4.78, 5) is 12.5. The maximum absolute atomic E-state index is 14.1. The fraction of sp³-hybridized carbons (Fsp3) is 0.560. The average molecular weight is 411 g/mol. The Morgan fingerprint density at radius 1 is 1.00 bits per heavy atom. The van der Waals surface area contributed by atoms with Crippen molar-refractivity contribution in [3.8, 4) is 0 Å². The molecule has 0 heterocycles. The SMILES string of the molecule is CC\C=C(C)/C(=C\C=C(\C)CCC)C(/C(C)=O)=C(/C=C(/C)C(C)CC)C(F)(F)F. The lowest BCUT2D eigenvalue weighted by atomic mass is 9.88. The lowest BCUT2D eigenvalue weighted by Gasteiger charge is -2.19. The zero-order valence-electron chi connectivity index (χ0n) is 19.3. The van der Waals surface area contributed by atoms with Crippen molar-refractivity contribution < 1.29 is 18.0 Å². The van der Waals surface area contributed by atoms with Crippen molar-refractivity contribution in [3.05, 3.63) is 57.7 Å². The number of rotatable bonds is 10.